The van der Waals surface area contributed by atoms with Crippen molar-refractivity contribution in [3.05, 3.63) is 58.5 Å². The van der Waals surface area contributed by atoms with Crippen LogP contribution < -0.4 is 4.72 Å². The topological polar surface area (TPSA) is 48.2 Å². The minimum absolute atomic E-state index is 0.293. The smallest absolute Gasteiger partial charge is 0.193 e. The number of rotatable bonds is 4. The van der Waals surface area contributed by atoms with Gasteiger partial charge in [-0.15, -0.1) is 4.72 Å². The van der Waals surface area contributed by atoms with E-state index in [1.165, 1.54) is 5.56 Å². The maximum absolute atomic E-state index is 12.4. The molecule has 3 nitrogen and oxygen atoms in total. The minimum Gasteiger partial charge on any atom is -0.598 e. The molecule has 1 aromatic carbocycles. The fourth-order valence-corrected chi connectivity index (χ4v) is 2.79. The highest BCUT2D eigenvalue weighted by Crippen LogP contribution is 2.28. The summed E-state index contributed by atoms with van der Waals surface area (Å²) in [6.07, 6.45) is 0. The van der Waals surface area contributed by atoms with Gasteiger partial charge < -0.3 is 8.97 Å². The highest BCUT2D eigenvalue weighted by atomic mass is 35.5. The van der Waals surface area contributed by atoms with Crippen molar-refractivity contribution in [2.75, 3.05) is 0 Å². The summed E-state index contributed by atoms with van der Waals surface area (Å²) in [5, 5.41) is 0.324. The molecule has 0 saturated heterocycles. The first-order valence-corrected chi connectivity index (χ1v) is 8.30. The zero-order valence-corrected chi connectivity index (χ0v) is 14.2. The van der Waals surface area contributed by atoms with Gasteiger partial charge in [-0.25, -0.2) is 0 Å². The van der Waals surface area contributed by atoms with Crippen molar-refractivity contribution >= 4 is 23.0 Å². The van der Waals surface area contributed by atoms with E-state index in [-0.39, 0.29) is 10.8 Å². The average Bonchev–Trinajstić information content (AvgIpc) is 2.82. The molecule has 0 bridgehead atoms. The van der Waals surface area contributed by atoms with Crippen LogP contribution in [0.3, 0.4) is 0 Å². The van der Waals surface area contributed by atoms with E-state index < -0.39 is 11.4 Å². The molecule has 0 amide bonds. The maximum atomic E-state index is 12.4. The molecule has 1 N–H and O–H groups in total. The first kappa shape index (κ1) is 16.4. The summed E-state index contributed by atoms with van der Waals surface area (Å²) in [6.45, 7) is 7.82. The van der Waals surface area contributed by atoms with Crippen molar-refractivity contribution in [3.63, 3.8) is 0 Å². The van der Waals surface area contributed by atoms with Gasteiger partial charge in [0.25, 0.3) is 0 Å². The molecule has 1 aromatic heterocycles. The molecule has 2 aromatic rings. The Morgan fingerprint density at radius 2 is 1.76 bits per heavy atom. The molecule has 2 atom stereocenters. The summed E-state index contributed by atoms with van der Waals surface area (Å²) < 4.78 is 20.7. The fourth-order valence-electron chi connectivity index (χ4n) is 1.82. The molecule has 114 valence electrons. The van der Waals surface area contributed by atoms with Gasteiger partial charge >= 0.3 is 0 Å². The molecule has 0 radical (unpaired) electrons. The largest absolute Gasteiger partial charge is 0.598 e. The average molecular weight is 326 g/mol. The normalized spacial score (nSPS) is 15.0. The van der Waals surface area contributed by atoms with Crippen LogP contribution in [0.1, 0.15) is 43.7 Å². The number of hydrogen-bond donors (Lipinski definition) is 1. The number of hydrogen-bond acceptors (Lipinski definition) is 3. The van der Waals surface area contributed by atoms with Crippen molar-refractivity contribution < 1.29 is 8.97 Å². The van der Waals surface area contributed by atoms with Crippen LogP contribution in [0.4, 0.5) is 0 Å². The molecule has 0 aliphatic carbocycles. The van der Waals surface area contributed by atoms with Crippen LogP contribution in [-0.4, -0.2) is 9.30 Å². The molecular formula is C16H20ClNO2S. The van der Waals surface area contributed by atoms with Gasteiger partial charge in [-0.05, 0) is 57.0 Å². The Morgan fingerprint density at radius 3 is 2.24 bits per heavy atom. The van der Waals surface area contributed by atoms with Crippen LogP contribution in [0.2, 0.25) is 5.22 Å². The second-order valence-electron chi connectivity index (χ2n) is 5.98. The zero-order chi connectivity index (χ0) is 15.6. The summed E-state index contributed by atoms with van der Waals surface area (Å²) in [7, 11) is 0. The Bertz CT molecular complexity index is 589. The number of aryl methyl sites for hydroxylation is 1. The molecule has 0 saturated carbocycles. The molecule has 0 aliphatic heterocycles. The van der Waals surface area contributed by atoms with Crippen molar-refractivity contribution in [2.45, 2.75) is 38.5 Å². The third kappa shape index (κ3) is 4.27. The monoisotopic (exact) mass is 325 g/mol. The number of furan rings is 1. The van der Waals surface area contributed by atoms with Gasteiger partial charge in [-0.3, -0.25) is 0 Å². The lowest BCUT2D eigenvalue weighted by atomic mass is 10.0. The van der Waals surface area contributed by atoms with Crippen molar-refractivity contribution in [1.29, 1.82) is 0 Å². The van der Waals surface area contributed by atoms with E-state index in [4.69, 9.17) is 16.0 Å². The third-order valence-corrected chi connectivity index (χ3v) is 4.84. The molecule has 2 unspecified atom stereocenters. The van der Waals surface area contributed by atoms with E-state index in [2.05, 4.69) is 4.72 Å². The molecule has 0 fully saturated rings. The standard InChI is InChI=1S/C16H20ClNO2S/c1-11-5-7-12(8-6-11)15(13-9-10-14(17)20-13)18-21(19)16(2,3)4/h5-10,15,18H,1-4H3. The Morgan fingerprint density at radius 1 is 1.14 bits per heavy atom. The van der Waals surface area contributed by atoms with Gasteiger partial charge in [0.1, 0.15) is 16.5 Å². The van der Waals surface area contributed by atoms with E-state index in [0.29, 0.717) is 11.0 Å². The van der Waals surface area contributed by atoms with Gasteiger partial charge in [0.05, 0.1) is 0 Å². The van der Waals surface area contributed by atoms with Crippen LogP contribution in [0.15, 0.2) is 40.8 Å². The molecule has 1 heterocycles. The number of benzene rings is 1. The second-order valence-corrected chi connectivity index (χ2v) is 8.35. The van der Waals surface area contributed by atoms with E-state index in [1.54, 1.807) is 12.1 Å². The molecule has 0 spiro atoms. The highest BCUT2D eigenvalue weighted by Gasteiger charge is 2.31. The summed E-state index contributed by atoms with van der Waals surface area (Å²) in [5.74, 6) is 0.654. The van der Waals surface area contributed by atoms with Crippen LogP contribution in [0.5, 0.6) is 0 Å². The molecule has 5 heteroatoms. The van der Waals surface area contributed by atoms with Crippen molar-refractivity contribution in [2.24, 2.45) is 0 Å². The highest BCUT2D eigenvalue weighted by molar-refractivity contribution is 7.90. The number of halogens is 1. The summed E-state index contributed by atoms with van der Waals surface area (Å²) >= 11 is 4.66. The lowest BCUT2D eigenvalue weighted by Gasteiger charge is -2.27. The maximum Gasteiger partial charge on any atom is 0.193 e. The molecular weight excluding hydrogens is 306 g/mol. The quantitative estimate of drug-likeness (QED) is 0.848. The van der Waals surface area contributed by atoms with Crippen LogP contribution >= 0.6 is 11.6 Å². The Balaban J connectivity index is 2.33. The van der Waals surface area contributed by atoms with Gasteiger partial charge in [0, 0.05) is 11.4 Å². The SMILES string of the molecule is Cc1ccc(C(N[S+]([O-])C(C)(C)C)c2ccc(Cl)o2)cc1. The van der Waals surface area contributed by atoms with Crippen LogP contribution in [-0.2, 0) is 11.4 Å². The van der Waals surface area contributed by atoms with Crippen LogP contribution in [0.25, 0.3) is 0 Å². The zero-order valence-electron chi connectivity index (χ0n) is 12.6. The minimum atomic E-state index is -1.22. The van der Waals surface area contributed by atoms with Gasteiger partial charge in [0.2, 0.25) is 0 Å². The fraction of sp³-hybridized carbons (Fsp3) is 0.375. The Labute approximate surface area is 134 Å². The molecule has 2 rings (SSSR count). The predicted molar refractivity (Wildman–Crippen MR) is 87.8 cm³/mol. The Hall–Kier alpha value is -0.940. The van der Waals surface area contributed by atoms with E-state index >= 15 is 0 Å². The second kappa shape index (κ2) is 6.44. The summed E-state index contributed by atoms with van der Waals surface area (Å²) in [5.41, 5.74) is 2.16. The van der Waals surface area contributed by atoms with Crippen LogP contribution in [0, 0.1) is 6.92 Å². The lowest BCUT2D eigenvalue weighted by Crippen LogP contribution is -2.41. The van der Waals surface area contributed by atoms with Gasteiger partial charge in [0.15, 0.2) is 5.22 Å². The third-order valence-electron chi connectivity index (χ3n) is 3.07. The van der Waals surface area contributed by atoms with Crippen molar-refractivity contribution in [3.8, 4) is 0 Å². The first-order chi connectivity index (χ1) is 9.77. The van der Waals surface area contributed by atoms with E-state index in [9.17, 15) is 4.55 Å². The number of nitrogens with one attached hydrogen (secondary N) is 1. The van der Waals surface area contributed by atoms with Crippen molar-refractivity contribution in [1.82, 2.24) is 4.72 Å². The Kier molecular flexibility index (Phi) is 5.04. The first-order valence-electron chi connectivity index (χ1n) is 6.77. The molecule has 0 aliphatic rings. The summed E-state index contributed by atoms with van der Waals surface area (Å²) in [4.78, 5) is 0. The van der Waals surface area contributed by atoms with Gasteiger partial charge in [-0.2, -0.15) is 0 Å². The van der Waals surface area contributed by atoms with Gasteiger partial charge in [-0.1, -0.05) is 29.8 Å². The van der Waals surface area contributed by atoms with E-state index in [0.717, 1.165) is 5.56 Å². The lowest BCUT2D eigenvalue weighted by molar-refractivity contribution is 0.466. The summed E-state index contributed by atoms with van der Waals surface area (Å²) in [6, 6.07) is 11.3. The van der Waals surface area contributed by atoms with E-state index in [1.807, 2.05) is 52.0 Å². The molecule has 21 heavy (non-hydrogen) atoms. The predicted octanol–water partition coefficient (Wildman–Crippen LogP) is 4.38.